The van der Waals surface area contributed by atoms with Crippen LogP contribution in [0.15, 0.2) is 0 Å². The summed E-state index contributed by atoms with van der Waals surface area (Å²) >= 11 is -2.61. The summed E-state index contributed by atoms with van der Waals surface area (Å²) in [5.74, 6) is 0.0255. The van der Waals surface area contributed by atoms with Gasteiger partial charge in [0, 0.05) is 6.42 Å². The largest absolute Gasteiger partial charge is 0.390 e. The molecule has 0 heterocycles. The molecule has 14 heavy (non-hydrogen) atoms. The van der Waals surface area contributed by atoms with E-state index in [1.807, 2.05) is 6.79 Å². The maximum atomic E-state index is 10.3. The summed E-state index contributed by atoms with van der Waals surface area (Å²) < 4.78 is 22.8. The second kappa shape index (κ2) is 10.5. The molecular weight excluding hydrogens is 212 g/mol. The van der Waals surface area contributed by atoms with E-state index in [0.717, 1.165) is 0 Å². The van der Waals surface area contributed by atoms with Gasteiger partial charge in [-0.05, 0) is 20.8 Å². The normalized spacial score (nSPS) is 9.36. The number of Topliss-reactive ketones (excluding diaryl/α,β-unsaturated/α-hetero) is 1. The molecule has 0 aliphatic rings. The molecule has 0 aromatic rings. The van der Waals surface area contributed by atoms with Gasteiger partial charge in [0.15, 0.2) is 0 Å². The average molecular weight is 228 g/mol. The Morgan fingerprint density at radius 1 is 1.36 bits per heavy atom. The zero-order valence-corrected chi connectivity index (χ0v) is 9.21. The van der Waals surface area contributed by atoms with Crippen LogP contribution in [0.3, 0.4) is 0 Å². The highest BCUT2D eigenvalue weighted by atomic mass is 32.2. The van der Waals surface area contributed by atoms with E-state index >= 15 is 0 Å². The van der Waals surface area contributed by atoms with Gasteiger partial charge in [0.1, 0.15) is 12.6 Å². The van der Waals surface area contributed by atoms with Crippen LogP contribution in [0, 0.1) is 0 Å². The van der Waals surface area contributed by atoms with E-state index in [0.29, 0.717) is 0 Å². The summed E-state index contributed by atoms with van der Waals surface area (Å²) in [6.45, 7) is 6.71. The molecule has 0 radical (unpaired) electrons. The molecule has 3 N–H and O–H groups in total. The molecule has 0 bridgehead atoms. The van der Waals surface area contributed by atoms with Gasteiger partial charge in [0.2, 0.25) is 0 Å². The van der Waals surface area contributed by atoms with Crippen molar-refractivity contribution < 1.29 is 28.0 Å². The Morgan fingerprint density at radius 3 is 1.57 bits per heavy atom. The summed E-state index contributed by atoms with van der Waals surface area (Å²) in [6, 6.07) is 0. The van der Waals surface area contributed by atoms with Crippen LogP contribution in [0.4, 0.5) is 0 Å². The molecule has 0 atom stereocenters. The summed E-state index contributed by atoms with van der Waals surface area (Å²) in [5, 5.41) is 8.97. The van der Waals surface area contributed by atoms with E-state index in [1.54, 1.807) is 13.8 Å². The van der Waals surface area contributed by atoms with Crippen LogP contribution in [-0.2, 0) is 21.0 Å². The maximum Gasteiger partial charge on any atom is 0.299 e. The van der Waals surface area contributed by atoms with Gasteiger partial charge in [-0.1, -0.05) is 0 Å². The third kappa shape index (κ3) is 64.0. The zero-order chi connectivity index (χ0) is 12.4. The average Bonchev–Trinajstić information content (AvgIpc) is 1.84. The first-order valence-electron chi connectivity index (χ1n) is 3.46. The SMILES string of the molecule is C=O.CC(=O)CC(C)(C)O.O=S(O)O. The number of hydrogen-bond acceptors (Lipinski definition) is 4. The first kappa shape index (κ1) is 19.0. The molecule has 0 saturated carbocycles. The van der Waals surface area contributed by atoms with Gasteiger partial charge in [-0.15, -0.1) is 0 Å². The molecule has 0 spiro atoms. The Hall–Kier alpha value is -0.630. The summed E-state index contributed by atoms with van der Waals surface area (Å²) in [4.78, 5) is 18.3. The molecule has 0 amide bonds. The third-order valence-corrected chi connectivity index (χ3v) is 0.682. The summed E-state index contributed by atoms with van der Waals surface area (Å²) in [7, 11) is 0. The number of hydrogen-bond donors (Lipinski definition) is 3. The van der Waals surface area contributed by atoms with Crippen molar-refractivity contribution >= 4 is 23.9 Å². The highest BCUT2D eigenvalue weighted by molar-refractivity contribution is 7.73. The van der Waals surface area contributed by atoms with Gasteiger partial charge in [-0.3, -0.25) is 13.9 Å². The highest BCUT2D eigenvalue weighted by Crippen LogP contribution is 2.06. The van der Waals surface area contributed by atoms with E-state index in [4.69, 9.17) is 23.2 Å². The smallest absolute Gasteiger partial charge is 0.299 e. The Labute approximate surface area is 85.4 Å². The van der Waals surface area contributed by atoms with Crippen molar-refractivity contribution in [2.24, 2.45) is 0 Å². The molecule has 6 nitrogen and oxygen atoms in total. The Balaban J connectivity index is -0.000000170. The summed E-state index contributed by atoms with van der Waals surface area (Å²) in [5.41, 5.74) is -0.828. The standard InChI is InChI=1S/C6H12O2.CH2O.H2O3S/c1-5(7)4-6(2,3)8;1-2;1-4(2)3/h8H,4H2,1-3H3;1H2;(H2,1,2,3). The van der Waals surface area contributed by atoms with Crippen molar-refractivity contribution in [3.8, 4) is 0 Å². The van der Waals surface area contributed by atoms with Crippen LogP contribution in [0.1, 0.15) is 27.2 Å². The van der Waals surface area contributed by atoms with E-state index in [9.17, 15) is 4.79 Å². The Kier molecular flexibility index (Phi) is 14.2. The third-order valence-electron chi connectivity index (χ3n) is 0.682. The van der Waals surface area contributed by atoms with Crippen molar-refractivity contribution in [2.75, 3.05) is 0 Å². The van der Waals surface area contributed by atoms with Crippen molar-refractivity contribution in [3.63, 3.8) is 0 Å². The predicted octanol–water partition coefficient (Wildman–Crippen LogP) is 0.233. The second-order valence-corrected chi connectivity index (χ2v) is 3.38. The van der Waals surface area contributed by atoms with Crippen molar-refractivity contribution in [1.29, 1.82) is 0 Å². The fourth-order valence-corrected chi connectivity index (χ4v) is 0.609. The van der Waals surface area contributed by atoms with Gasteiger partial charge in [-0.25, -0.2) is 0 Å². The number of rotatable bonds is 2. The first-order valence-corrected chi connectivity index (χ1v) is 4.52. The molecule has 0 aromatic carbocycles. The van der Waals surface area contributed by atoms with Crippen LogP contribution in [0.25, 0.3) is 0 Å². The molecule has 0 aromatic heterocycles. The van der Waals surface area contributed by atoms with Gasteiger partial charge in [-0.2, -0.15) is 4.21 Å². The lowest BCUT2D eigenvalue weighted by molar-refractivity contribution is -0.120. The Morgan fingerprint density at radius 2 is 1.57 bits per heavy atom. The topological polar surface area (TPSA) is 112 Å². The van der Waals surface area contributed by atoms with Crippen LogP contribution >= 0.6 is 0 Å². The van der Waals surface area contributed by atoms with Gasteiger partial charge >= 0.3 is 0 Å². The predicted molar refractivity (Wildman–Crippen MR) is 52.1 cm³/mol. The van der Waals surface area contributed by atoms with Crippen LogP contribution in [0.2, 0.25) is 0 Å². The van der Waals surface area contributed by atoms with Crippen molar-refractivity contribution in [1.82, 2.24) is 0 Å². The lowest BCUT2D eigenvalue weighted by Crippen LogP contribution is -2.21. The molecule has 0 aliphatic heterocycles. The number of carbonyl (C=O) groups excluding carboxylic acids is 2. The van der Waals surface area contributed by atoms with Crippen molar-refractivity contribution in [3.05, 3.63) is 0 Å². The molecule has 7 heteroatoms. The van der Waals surface area contributed by atoms with Crippen LogP contribution in [-0.4, -0.2) is 36.6 Å². The minimum atomic E-state index is -2.61. The molecule has 0 fully saturated rings. The first-order chi connectivity index (χ1) is 6.15. The number of aliphatic hydroxyl groups is 1. The zero-order valence-electron chi connectivity index (χ0n) is 8.39. The lowest BCUT2D eigenvalue weighted by Gasteiger charge is -2.13. The fourth-order valence-electron chi connectivity index (χ4n) is 0.609. The van der Waals surface area contributed by atoms with E-state index < -0.39 is 17.0 Å². The molecular formula is C7H16O6S. The highest BCUT2D eigenvalue weighted by Gasteiger charge is 2.13. The molecule has 86 valence electrons. The van der Waals surface area contributed by atoms with Crippen LogP contribution in [0.5, 0.6) is 0 Å². The minimum Gasteiger partial charge on any atom is -0.390 e. The monoisotopic (exact) mass is 228 g/mol. The van der Waals surface area contributed by atoms with Gasteiger partial charge in [0.05, 0.1) is 5.60 Å². The fraction of sp³-hybridized carbons (Fsp3) is 0.714. The van der Waals surface area contributed by atoms with Crippen LogP contribution < -0.4 is 0 Å². The molecule has 0 saturated heterocycles. The quantitative estimate of drug-likeness (QED) is 0.583. The number of ketones is 1. The van der Waals surface area contributed by atoms with E-state index in [1.165, 1.54) is 6.92 Å². The van der Waals surface area contributed by atoms with Gasteiger partial charge < -0.3 is 9.90 Å². The van der Waals surface area contributed by atoms with E-state index in [-0.39, 0.29) is 12.2 Å². The second-order valence-electron chi connectivity index (χ2n) is 2.92. The summed E-state index contributed by atoms with van der Waals surface area (Å²) in [6.07, 6.45) is 0.243. The molecule has 0 rings (SSSR count). The number of carbonyl (C=O) groups is 2. The minimum absolute atomic E-state index is 0.0255. The van der Waals surface area contributed by atoms with E-state index in [2.05, 4.69) is 0 Å². The van der Waals surface area contributed by atoms with Crippen molar-refractivity contribution in [2.45, 2.75) is 32.8 Å². The maximum absolute atomic E-state index is 10.3. The van der Waals surface area contributed by atoms with Gasteiger partial charge in [0.25, 0.3) is 11.4 Å². The lowest BCUT2D eigenvalue weighted by atomic mass is 10.0. The Bertz CT molecular complexity index is 170. The molecule has 0 unspecified atom stereocenters. The molecule has 0 aliphatic carbocycles.